The second-order valence-corrected chi connectivity index (χ2v) is 30.4. The zero-order chi connectivity index (χ0) is 83.8. The molecule has 6 aliphatic rings. The quantitative estimate of drug-likeness (QED) is 0.0404. The minimum atomic E-state index is -0.445. The molecule has 0 radical (unpaired) electrons. The van der Waals surface area contributed by atoms with E-state index in [0.717, 1.165) is 52.6 Å². The monoisotopic (exact) mass is 1600 g/mol. The lowest BCUT2D eigenvalue weighted by molar-refractivity contribution is -0.140. The fourth-order valence-corrected chi connectivity index (χ4v) is 15.2. The Balaban J connectivity index is 0.000000185. The van der Waals surface area contributed by atoms with Crippen molar-refractivity contribution in [3.05, 3.63) is 139 Å². The lowest BCUT2D eigenvalue weighted by Gasteiger charge is -2.29. The molecule has 33 heteroatoms. The van der Waals surface area contributed by atoms with Gasteiger partial charge in [0, 0.05) is 157 Å². The van der Waals surface area contributed by atoms with Gasteiger partial charge in [-0.1, -0.05) is 20.8 Å². The van der Waals surface area contributed by atoms with Crippen LogP contribution in [0, 0.1) is 51.7 Å². The van der Waals surface area contributed by atoms with Crippen LogP contribution in [0.5, 0.6) is 0 Å². The molecule has 117 heavy (non-hydrogen) atoms. The van der Waals surface area contributed by atoms with Crippen LogP contribution >= 0.6 is 0 Å². The minimum absolute atomic E-state index is 0.117. The predicted molar refractivity (Wildman–Crippen MR) is 430 cm³/mol. The van der Waals surface area contributed by atoms with E-state index in [-0.39, 0.29) is 72.2 Å². The van der Waals surface area contributed by atoms with Crippen LogP contribution < -0.4 is 30.7 Å². The number of aryl methyl sites for hydroxylation is 3. The van der Waals surface area contributed by atoms with Crippen molar-refractivity contribution >= 4 is 89.6 Å². The van der Waals surface area contributed by atoms with E-state index in [4.69, 9.17) is 28.4 Å². The fraction of sp³-hybridized carbons (Fsp3) is 0.500. The predicted octanol–water partition coefficient (Wildman–Crippen LogP) is 9.32. The molecule has 12 heterocycles. The van der Waals surface area contributed by atoms with Gasteiger partial charge >= 0.3 is 18.1 Å². The van der Waals surface area contributed by atoms with E-state index in [0.29, 0.717) is 223 Å². The first-order valence-corrected chi connectivity index (χ1v) is 39.5. The van der Waals surface area contributed by atoms with Gasteiger partial charge in [-0.3, -0.25) is 59.4 Å². The maximum absolute atomic E-state index is 13.3. The highest BCUT2D eigenvalue weighted by Crippen LogP contribution is 2.34. The van der Waals surface area contributed by atoms with Crippen LogP contribution in [0.4, 0.5) is 49.3 Å². The number of amides is 9. The summed E-state index contributed by atoms with van der Waals surface area (Å²) in [6.07, 6.45) is 15.7. The Kier molecular flexibility index (Phi) is 31.7. The van der Waals surface area contributed by atoms with Gasteiger partial charge in [0.05, 0.1) is 16.7 Å². The second-order valence-electron chi connectivity index (χ2n) is 30.4. The lowest BCUT2D eigenvalue weighted by atomic mass is 9.99. The first kappa shape index (κ1) is 87.7. The van der Waals surface area contributed by atoms with Gasteiger partial charge in [0.2, 0.25) is 0 Å². The number of methoxy groups -OCH3 is 3. The number of aldehydes is 3. The molecule has 0 unspecified atom stereocenters. The topological polar surface area (TPSA) is 413 Å². The average molecular weight is 1600 g/mol. The van der Waals surface area contributed by atoms with E-state index in [1.807, 2.05) is 39.0 Å². The van der Waals surface area contributed by atoms with Gasteiger partial charge in [-0.25, -0.2) is 44.3 Å². The molecule has 12 rings (SSSR count). The second kappa shape index (κ2) is 42.3. The number of nitriles is 3. The number of carbonyl (C=O) groups excluding carboxylic acids is 9. The van der Waals surface area contributed by atoms with E-state index in [9.17, 15) is 58.9 Å². The number of hydrogen-bond donors (Lipinski definition) is 3. The molecule has 6 aromatic rings. The number of likely N-dealkylation sites (N-methyl/N-ethyl adjacent to an activating group) is 3. The molecule has 6 aromatic heterocycles. The molecule has 0 aromatic carbocycles. The Morgan fingerprint density at radius 2 is 0.726 bits per heavy atom. The highest BCUT2D eigenvalue weighted by atomic mass is 16.5. The van der Waals surface area contributed by atoms with E-state index in [1.165, 1.54) is 33.3 Å². The number of nitrogens with zero attached hydrogens (tertiary/aromatic N) is 15. The zero-order valence-corrected chi connectivity index (χ0v) is 67.8. The van der Waals surface area contributed by atoms with Crippen LogP contribution in [0.2, 0.25) is 0 Å². The summed E-state index contributed by atoms with van der Waals surface area (Å²) in [4.78, 5) is 150. The van der Waals surface area contributed by atoms with Gasteiger partial charge in [0.1, 0.15) is 88.5 Å². The number of pyridine rings is 6. The molecule has 3 saturated heterocycles. The molecule has 6 atom stereocenters. The molecule has 0 spiro atoms. The molecule has 618 valence electrons. The first-order chi connectivity index (χ1) is 56.5. The van der Waals surface area contributed by atoms with Crippen molar-refractivity contribution in [3.63, 3.8) is 0 Å². The van der Waals surface area contributed by atoms with Crippen molar-refractivity contribution < 1.29 is 71.6 Å². The summed E-state index contributed by atoms with van der Waals surface area (Å²) in [7, 11) is 9.96. The van der Waals surface area contributed by atoms with Gasteiger partial charge in [-0.2, -0.15) is 15.8 Å². The summed E-state index contributed by atoms with van der Waals surface area (Å²) in [6, 6.07) is 15.9. The smallest absolute Gasteiger partial charge is 0.328 e. The summed E-state index contributed by atoms with van der Waals surface area (Å²) in [5.41, 5.74) is 8.62. The van der Waals surface area contributed by atoms with E-state index in [1.54, 1.807) is 75.4 Å². The van der Waals surface area contributed by atoms with Gasteiger partial charge in [-0.05, 0) is 184 Å². The molecule has 3 fully saturated rings. The number of aromatic nitrogens is 6. The number of urea groups is 3. The lowest BCUT2D eigenvalue weighted by Crippen LogP contribution is -2.40. The number of carbonyl (C=O) groups is 9. The van der Waals surface area contributed by atoms with Crippen molar-refractivity contribution in [2.24, 2.45) is 17.8 Å². The molecule has 6 aliphatic heterocycles. The number of hydrogen-bond acceptors (Lipinski definition) is 24. The molecular formula is C84H102N18O15. The number of fused-ring (bicyclic) bond motifs is 3. The summed E-state index contributed by atoms with van der Waals surface area (Å²) >= 11 is 0. The molecule has 33 nitrogen and oxygen atoms in total. The standard InChI is InChI=1S/3C28H34N6O5/c3*1-18(17-38-3)10-20-12-25(30-14-22(20)13-29)32-28(37)34-8-4-6-19-11-21(23(16-35)31-26(19)34)15-33(2)27(36)24-7-5-9-39-24/h3*11-12,14,16,18,24H,4-10,15,17H2,1-3H3,(H,30,32,37)/t2*18-,24+;18-,24-/m001/s1. The number of nitrogens with one attached hydrogen (secondary N) is 3. The van der Waals surface area contributed by atoms with Crippen LogP contribution in [0.1, 0.15) is 177 Å². The normalized spacial score (nSPS) is 17.2. The molecule has 0 bridgehead atoms. The third-order valence-corrected chi connectivity index (χ3v) is 21.0. The van der Waals surface area contributed by atoms with Crippen LogP contribution in [-0.4, -0.2) is 219 Å². The van der Waals surface area contributed by atoms with Crippen LogP contribution in [0.15, 0.2) is 55.0 Å². The van der Waals surface area contributed by atoms with Crippen molar-refractivity contribution in [1.82, 2.24) is 44.6 Å². The van der Waals surface area contributed by atoms with Crippen LogP contribution in [0.3, 0.4) is 0 Å². The maximum atomic E-state index is 13.3. The number of ether oxygens (including phenoxy) is 6. The molecule has 0 aliphatic carbocycles. The van der Waals surface area contributed by atoms with Crippen LogP contribution in [-0.2, 0) is 101 Å². The SMILES string of the molecule is COC[C@@H](C)Cc1cc(NC(=O)N2CCCc3cc(CN(C)C(=O)[C@H]4CCCO4)c(C=O)nc32)ncc1C#N.COC[C@@H](C)Cc1cc(NC(=O)N2CCCc3cc(CN(C)C(=O)[C@H]4CCCO4)c(C=O)nc32)ncc1C#N.COC[C@H](C)Cc1cc(NC(=O)N2CCCc3cc(CN(C)C(=O)[C@H]4CCCO4)c(C=O)nc32)ncc1C#N. The highest BCUT2D eigenvalue weighted by Gasteiger charge is 2.35. The molecule has 0 saturated carbocycles. The summed E-state index contributed by atoms with van der Waals surface area (Å²) in [6.45, 7) is 11.4. The Bertz CT molecular complexity index is 4270. The van der Waals surface area contributed by atoms with Gasteiger partial charge in [-0.15, -0.1) is 0 Å². The summed E-state index contributed by atoms with van der Waals surface area (Å²) in [5.74, 6) is 2.43. The minimum Gasteiger partial charge on any atom is -0.384 e. The highest BCUT2D eigenvalue weighted by molar-refractivity contribution is 6.03. The van der Waals surface area contributed by atoms with Gasteiger partial charge in [0.15, 0.2) is 18.9 Å². The van der Waals surface area contributed by atoms with E-state index >= 15 is 0 Å². The van der Waals surface area contributed by atoms with Crippen molar-refractivity contribution in [1.29, 1.82) is 15.8 Å². The van der Waals surface area contributed by atoms with E-state index < -0.39 is 36.4 Å². The first-order valence-electron chi connectivity index (χ1n) is 39.5. The number of rotatable bonds is 27. The van der Waals surface area contributed by atoms with Gasteiger partial charge in [0.25, 0.3) is 17.7 Å². The Morgan fingerprint density at radius 1 is 0.453 bits per heavy atom. The number of anilines is 6. The van der Waals surface area contributed by atoms with E-state index in [2.05, 4.69) is 64.1 Å². The van der Waals surface area contributed by atoms with Crippen molar-refractivity contribution in [2.75, 3.05) is 132 Å². The van der Waals surface area contributed by atoms with Crippen molar-refractivity contribution in [2.45, 2.75) is 155 Å². The average Bonchev–Trinajstić information content (AvgIpc) is 1.73. The third-order valence-electron chi connectivity index (χ3n) is 21.0. The maximum Gasteiger partial charge on any atom is 0.328 e. The molecular weight excluding hydrogens is 1500 g/mol. The summed E-state index contributed by atoms with van der Waals surface area (Å²) < 4.78 is 32.1. The third kappa shape index (κ3) is 22.7. The Labute approximate surface area is 680 Å². The fourth-order valence-electron chi connectivity index (χ4n) is 15.2. The Morgan fingerprint density at radius 3 is 0.957 bits per heavy atom. The van der Waals surface area contributed by atoms with Gasteiger partial charge < -0.3 is 43.1 Å². The Hall–Kier alpha value is -11.6. The largest absolute Gasteiger partial charge is 0.384 e. The molecule has 3 N–H and O–H groups in total. The molecule has 9 amide bonds. The summed E-state index contributed by atoms with van der Waals surface area (Å²) in [5, 5.41) is 36.9. The van der Waals surface area contributed by atoms with Crippen LogP contribution in [0.25, 0.3) is 0 Å². The zero-order valence-electron chi connectivity index (χ0n) is 67.8. The van der Waals surface area contributed by atoms with Crippen molar-refractivity contribution in [3.8, 4) is 18.2 Å².